The largest absolute Gasteiger partial charge is 0.506 e. The number of rotatable bonds is 12. The van der Waals surface area contributed by atoms with Crippen LogP contribution in [0.1, 0.15) is 84.1 Å². The Hall–Kier alpha value is -4.25. The molecule has 0 saturated heterocycles. The van der Waals surface area contributed by atoms with Crippen LogP contribution in [0.25, 0.3) is 11.1 Å². The third kappa shape index (κ3) is 7.78. The lowest BCUT2D eigenvalue weighted by Gasteiger charge is -2.29. The van der Waals surface area contributed by atoms with Crippen molar-refractivity contribution in [1.82, 2.24) is 0 Å². The Labute approximate surface area is 257 Å². The predicted molar refractivity (Wildman–Crippen MR) is 177 cm³/mol. The quantitative estimate of drug-likeness (QED) is 0.134. The maximum absolute atomic E-state index is 12.9. The summed E-state index contributed by atoms with van der Waals surface area (Å²) in [5.74, 6) is 0.844. The predicted octanol–water partition coefficient (Wildman–Crippen LogP) is 9.19. The number of phenols is 1. The second kappa shape index (κ2) is 14.3. The first-order valence-corrected chi connectivity index (χ1v) is 15.2. The van der Waals surface area contributed by atoms with Crippen LogP contribution in [0.15, 0.2) is 78.9 Å². The molecular formula is C38H45NO4. The minimum absolute atomic E-state index is 0.113. The van der Waals surface area contributed by atoms with Crippen LogP contribution in [0.4, 0.5) is 5.69 Å². The van der Waals surface area contributed by atoms with Crippen LogP contribution < -0.4 is 9.64 Å². The van der Waals surface area contributed by atoms with E-state index in [0.29, 0.717) is 29.8 Å². The molecule has 0 atom stereocenters. The molecule has 4 aromatic rings. The molecule has 0 unspecified atom stereocenters. The van der Waals surface area contributed by atoms with Crippen molar-refractivity contribution in [2.45, 2.75) is 66.4 Å². The van der Waals surface area contributed by atoms with E-state index < -0.39 is 5.97 Å². The van der Waals surface area contributed by atoms with Crippen LogP contribution in [0.3, 0.4) is 0 Å². The van der Waals surface area contributed by atoms with Gasteiger partial charge in [-0.05, 0) is 67.0 Å². The molecule has 5 nitrogen and oxygen atoms in total. The second-order valence-electron chi connectivity index (χ2n) is 12.0. The minimum Gasteiger partial charge on any atom is -0.506 e. The molecule has 0 aromatic heterocycles. The summed E-state index contributed by atoms with van der Waals surface area (Å²) in [6.07, 6.45) is 0.824. The first kappa shape index (κ1) is 31.7. The smallest absolute Gasteiger partial charge is 0.342 e. The topological polar surface area (TPSA) is 59.0 Å². The third-order valence-electron chi connectivity index (χ3n) is 7.73. The first-order valence-electron chi connectivity index (χ1n) is 15.2. The van der Waals surface area contributed by atoms with E-state index in [1.807, 2.05) is 55.5 Å². The molecule has 5 heteroatoms. The molecule has 0 aliphatic carbocycles. The molecule has 0 radical (unpaired) electrons. The number of aromatic hydroxyl groups is 1. The van der Waals surface area contributed by atoms with E-state index in [2.05, 4.69) is 58.7 Å². The number of anilines is 1. The van der Waals surface area contributed by atoms with Gasteiger partial charge in [0.05, 0.1) is 6.61 Å². The molecule has 0 aliphatic heterocycles. The standard InChI is InChI=1S/C38H45NO4/c1-25(2)32-22-28(6)23-33(26(3)4)36(32)39(7)19-12-20-42-35-18-17-27(5)21-34(35)30-15-11-16-31(37(30)40)38(41)43-24-29-13-9-8-10-14-29/h8-11,13-18,21-23,25-26,40H,12,19-20,24H2,1-7H3. The highest BCUT2D eigenvalue weighted by atomic mass is 16.5. The first-order chi connectivity index (χ1) is 20.6. The molecule has 0 spiro atoms. The highest BCUT2D eigenvalue weighted by molar-refractivity contribution is 5.96. The molecular weight excluding hydrogens is 534 g/mol. The van der Waals surface area contributed by atoms with Crippen molar-refractivity contribution in [1.29, 1.82) is 0 Å². The Kier molecular flexibility index (Phi) is 10.5. The second-order valence-corrected chi connectivity index (χ2v) is 12.0. The van der Waals surface area contributed by atoms with Gasteiger partial charge in [-0.15, -0.1) is 0 Å². The van der Waals surface area contributed by atoms with Crippen molar-refractivity contribution < 1.29 is 19.4 Å². The van der Waals surface area contributed by atoms with E-state index >= 15 is 0 Å². The third-order valence-corrected chi connectivity index (χ3v) is 7.73. The number of para-hydroxylation sites is 1. The molecule has 0 heterocycles. The number of phenolic OH excluding ortho intramolecular Hbond substituents is 1. The minimum atomic E-state index is -0.570. The highest BCUT2D eigenvalue weighted by Crippen LogP contribution is 2.39. The zero-order valence-electron chi connectivity index (χ0n) is 26.6. The van der Waals surface area contributed by atoms with Crippen LogP contribution in [-0.2, 0) is 11.3 Å². The van der Waals surface area contributed by atoms with E-state index in [1.165, 1.54) is 22.4 Å². The Balaban J connectivity index is 1.48. The van der Waals surface area contributed by atoms with Gasteiger partial charge in [0.2, 0.25) is 0 Å². The average Bonchev–Trinajstić information content (AvgIpc) is 2.98. The van der Waals surface area contributed by atoms with Crippen molar-refractivity contribution in [3.63, 3.8) is 0 Å². The number of esters is 1. The van der Waals surface area contributed by atoms with Crippen LogP contribution in [0, 0.1) is 13.8 Å². The molecule has 0 aliphatic rings. The van der Waals surface area contributed by atoms with E-state index in [4.69, 9.17) is 9.47 Å². The lowest BCUT2D eigenvalue weighted by Crippen LogP contribution is -2.24. The molecule has 0 bridgehead atoms. The Morgan fingerprint density at radius 3 is 2.14 bits per heavy atom. The van der Waals surface area contributed by atoms with Gasteiger partial charge in [0, 0.05) is 30.4 Å². The Morgan fingerprint density at radius 2 is 1.49 bits per heavy atom. The van der Waals surface area contributed by atoms with Gasteiger partial charge in [0.1, 0.15) is 23.7 Å². The van der Waals surface area contributed by atoms with Gasteiger partial charge in [0.15, 0.2) is 0 Å². The zero-order chi connectivity index (χ0) is 31.1. The van der Waals surface area contributed by atoms with Crippen LogP contribution in [0.2, 0.25) is 0 Å². The summed E-state index contributed by atoms with van der Waals surface area (Å²) in [6.45, 7) is 14.7. The summed E-state index contributed by atoms with van der Waals surface area (Å²) in [7, 11) is 2.17. The summed E-state index contributed by atoms with van der Waals surface area (Å²) in [4.78, 5) is 15.3. The molecule has 4 rings (SSSR count). The molecule has 43 heavy (non-hydrogen) atoms. The zero-order valence-corrected chi connectivity index (χ0v) is 26.6. The van der Waals surface area contributed by atoms with E-state index in [0.717, 1.165) is 29.7 Å². The number of aryl methyl sites for hydroxylation is 2. The van der Waals surface area contributed by atoms with Gasteiger partial charge in [-0.25, -0.2) is 4.79 Å². The lowest BCUT2D eigenvalue weighted by atomic mass is 9.90. The summed E-state index contributed by atoms with van der Waals surface area (Å²) in [5, 5.41) is 11.2. The average molecular weight is 580 g/mol. The van der Waals surface area contributed by atoms with Crippen molar-refractivity contribution in [3.8, 4) is 22.6 Å². The summed E-state index contributed by atoms with van der Waals surface area (Å²) in [6, 6.07) is 25.2. The molecule has 0 amide bonds. The number of benzene rings is 4. The molecule has 0 saturated carbocycles. The van der Waals surface area contributed by atoms with Gasteiger partial charge >= 0.3 is 5.97 Å². The molecule has 4 aromatic carbocycles. The SMILES string of the molecule is Cc1ccc(OCCCN(C)c2c(C(C)C)cc(C)cc2C(C)C)c(-c2cccc(C(=O)OCc3ccccc3)c2O)c1. The number of carbonyl (C=O) groups is 1. The summed E-state index contributed by atoms with van der Waals surface area (Å²) in [5.41, 5.74) is 8.71. The number of hydrogen-bond donors (Lipinski definition) is 1. The van der Waals surface area contributed by atoms with Crippen LogP contribution in [-0.4, -0.2) is 31.3 Å². The Bertz CT molecular complexity index is 1510. The van der Waals surface area contributed by atoms with Crippen LogP contribution >= 0.6 is 0 Å². The Morgan fingerprint density at radius 1 is 0.814 bits per heavy atom. The van der Waals surface area contributed by atoms with E-state index in [-0.39, 0.29) is 17.9 Å². The molecule has 226 valence electrons. The number of hydrogen-bond acceptors (Lipinski definition) is 5. The normalized spacial score (nSPS) is 11.2. The fourth-order valence-corrected chi connectivity index (χ4v) is 5.46. The lowest BCUT2D eigenvalue weighted by molar-refractivity contribution is 0.0469. The number of ether oxygens (including phenoxy) is 2. The number of nitrogens with zero attached hydrogens (tertiary/aromatic N) is 1. The van der Waals surface area contributed by atoms with Gasteiger partial charge in [-0.3, -0.25) is 0 Å². The van der Waals surface area contributed by atoms with Crippen molar-refractivity contribution in [2.75, 3.05) is 25.1 Å². The molecule has 1 N–H and O–H groups in total. The summed E-state index contributed by atoms with van der Waals surface area (Å²) < 4.78 is 11.8. The van der Waals surface area contributed by atoms with Crippen LogP contribution in [0.5, 0.6) is 11.5 Å². The molecule has 0 fully saturated rings. The fraction of sp³-hybridized carbons (Fsp3) is 0.342. The van der Waals surface area contributed by atoms with Gasteiger partial charge in [-0.2, -0.15) is 0 Å². The van der Waals surface area contributed by atoms with E-state index in [1.54, 1.807) is 18.2 Å². The summed E-state index contributed by atoms with van der Waals surface area (Å²) >= 11 is 0. The van der Waals surface area contributed by atoms with Crippen molar-refractivity contribution in [2.24, 2.45) is 0 Å². The fourth-order valence-electron chi connectivity index (χ4n) is 5.46. The van der Waals surface area contributed by atoms with Gasteiger partial charge < -0.3 is 19.5 Å². The van der Waals surface area contributed by atoms with Gasteiger partial charge in [-0.1, -0.05) is 99.5 Å². The maximum Gasteiger partial charge on any atom is 0.342 e. The highest BCUT2D eigenvalue weighted by Gasteiger charge is 2.20. The van der Waals surface area contributed by atoms with Gasteiger partial charge in [0.25, 0.3) is 0 Å². The number of carbonyl (C=O) groups excluding carboxylic acids is 1. The maximum atomic E-state index is 12.9. The van der Waals surface area contributed by atoms with Crippen molar-refractivity contribution in [3.05, 3.63) is 112 Å². The van der Waals surface area contributed by atoms with Crippen molar-refractivity contribution >= 4 is 11.7 Å². The monoisotopic (exact) mass is 579 g/mol. The van der Waals surface area contributed by atoms with E-state index in [9.17, 15) is 9.90 Å².